The average molecular weight is 402 g/mol. The molecule has 2 heterocycles. The second kappa shape index (κ2) is 7.37. The third kappa shape index (κ3) is 4.06. The molecule has 120 valence electrons. The molecular weight excluding hydrogens is 390 g/mol. The number of nitrogens with one attached hydrogen (secondary N) is 2. The number of carbonyl (C=O) groups excluding carboxylic acids is 2. The van der Waals surface area contributed by atoms with Crippen molar-refractivity contribution in [2.45, 2.75) is 0 Å². The molecule has 0 saturated carbocycles. The van der Waals surface area contributed by atoms with Crippen LogP contribution in [0.15, 0.2) is 64.6 Å². The summed E-state index contributed by atoms with van der Waals surface area (Å²) < 4.78 is 0.839. The van der Waals surface area contributed by atoms with Gasteiger partial charge in [0.05, 0.1) is 4.88 Å². The van der Waals surface area contributed by atoms with Gasteiger partial charge in [0.1, 0.15) is 5.82 Å². The summed E-state index contributed by atoms with van der Waals surface area (Å²) in [6, 6.07) is 13.8. The normalized spacial score (nSPS) is 10.2. The van der Waals surface area contributed by atoms with Crippen LogP contribution in [0, 0.1) is 0 Å². The quantitative estimate of drug-likeness (QED) is 0.679. The number of benzene rings is 1. The van der Waals surface area contributed by atoms with E-state index in [0.717, 1.165) is 4.47 Å². The summed E-state index contributed by atoms with van der Waals surface area (Å²) in [5.41, 5.74) is 1.11. The second-order valence-corrected chi connectivity index (χ2v) is 6.69. The summed E-state index contributed by atoms with van der Waals surface area (Å²) in [5.74, 6) is 0.0421. The van der Waals surface area contributed by atoms with E-state index in [1.807, 2.05) is 11.4 Å². The fourth-order valence-corrected chi connectivity index (χ4v) is 2.80. The van der Waals surface area contributed by atoms with Crippen molar-refractivity contribution < 1.29 is 9.59 Å². The zero-order valence-corrected chi connectivity index (χ0v) is 14.7. The fraction of sp³-hybridized carbons (Fsp3) is 0. The van der Waals surface area contributed by atoms with Crippen molar-refractivity contribution in [2.24, 2.45) is 0 Å². The van der Waals surface area contributed by atoms with Gasteiger partial charge in [-0.1, -0.05) is 6.07 Å². The summed E-state index contributed by atoms with van der Waals surface area (Å²) in [4.78, 5) is 28.9. The molecule has 2 aromatic heterocycles. The monoisotopic (exact) mass is 401 g/mol. The number of halogens is 1. The zero-order valence-electron chi connectivity index (χ0n) is 12.3. The Balaban J connectivity index is 1.64. The molecule has 1 aromatic carbocycles. The van der Waals surface area contributed by atoms with E-state index in [9.17, 15) is 9.59 Å². The van der Waals surface area contributed by atoms with Gasteiger partial charge in [-0.2, -0.15) is 0 Å². The van der Waals surface area contributed by atoms with Crippen molar-refractivity contribution in [3.63, 3.8) is 0 Å². The maximum Gasteiger partial charge on any atom is 0.265 e. The van der Waals surface area contributed by atoms with Crippen LogP contribution >= 0.6 is 27.3 Å². The SMILES string of the molecule is O=C(Nc1ccc(Br)cn1)c1ccc(NC(=O)c2cccs2)cc1. The van der Waals surface area contributed by atoms with E-state index in [1.165, 1.54) is 11.3 Å². The van der Waals surface area contributed by atoms with E-state index in [4.69, 9.17) is 0 Å². The number of hydrogen-bond acceptors (Lipinski definition) is 4. The number of nitrogens with zero attached hydrogens (tertiary/aromatic N) is 1. The van der Waals surface area contributed by atoms with Gasteiger partial charge < -0.3 is 10.6 Å². The van der Waals surface area contributed by atoms with Crippen LogP contribution in [0.5, 0.6) is 0 Å². The lowest BCUT2D eigenvalue weighted by molar-refractivity contribution is 0.102. The third-order valence-corrected chi connectivity index (χ3v) is 4.46. The van der Waals surface area contributed by atoms with Crippen LogP contribution < -0.4 is 10.6 Å². The molecule has 5 nitrogen and oxygen atoms in total. The van der Waals surface area contributed by atoms with E-state index in [1.54, 1.807) is 48.7 Å². The molecule has 3 rings (SSSR count). The number of rotatable bonds is 4. The minimum Gasteiger partial charge on any atom is -0.321 e. The van der Waals surface area contributed by atoms with Crippen LogP contribution in [-0.2, 0) is 0 Å². The summed E-state index contributed by atoms with van der Waals surface area (Å²) in [5, 5.41) is 7.35. The molecule has 2 N–H and O–H groups in total. The third-order valence-electron chi connectivity index (χ3n) is 3.12. The first kappa shape index (κ1) is 16.4. The molecule has 0 aliphatic heterocycles. The van der Waals surface area contributed by atoms with Crippen LogP contribution in [-0.4, -0.2) is 16.8 Å². The van der Waals surface area contributed by atoms with Crippen molar-refractivity contribution in [1.29, 1.82) is 0 Å². The molecule has 0 bridgehead atoms. The minimum atomic E-state index is -0.263. The summed E-state index contributed by atoms with van der Waals surface area (Å²) >= 11 is 4.66. The Bertz CT molecular complexity index is 847. The maximum absolute atomic E-state index is 12.2. The average Bonchev–Trinajstić information content (AvgIpc) is 3.12. The van der Waals surface area contributed by atoms with Gasteiger partial charge in [0.15, 0.2) is 0 Å². The van der Waals surface area contributed by atoms with Crippen molar-refractivity contribution in [2.75, 3.05) is 10.6 Å². The Morgan fingerprint density at radius 1 is 0.958 bits per heavy atom. The molecule has 0 aliphatic carbocycles. The molecule has 0 aliphatic rings. The van der Waals surface area contributed by atoms with E-state index in [-0.39, 0.29) is 11.8 Å². The lowest BCUT2D eigenvalue weighted by atomic mass is 10.2. The molecule has 0 radical (unpaired) electrons. The van der Waals surface area contributed by atoms with Gasteiger partial charge in [0, 0.05) is 21.9 Å². The van der Waals surface area contributed by atoms with E-state index in [0.29, 0.717) is 21.9 Å². The highest BCUT2D eigenvalue weighted by Crippen LogP contribution is 2.16. The number of thiophene rings is 1. The van der Waals surface area contributed by atoms with E-state index in [2.05, 4.69) is 31.5 Å². The van der Waals surface area contributed by atoms with Gasteiger partial charge in [0.25, 0.3) is 11.8 Å². The molecule has 3 aromatic rings. The maximum atomic E-state index is 12.2. The Morgan fingerprint density at radius 3 is 2.38 bits per heavy atom. The molecule has 24 heavy (non-hydrogen) atoms. The molecule has 7 heteroatoms. The molecular formula is C17H12BrN3O2S. The molecule has 0 unspecified atom stereocenters. The first-order valence-electron chi connectivity index (χ1n) is 6.99. The van der Waals surface area contributed by atoms with Gasteiger partial charge in [-0.05, 0) is 63.8 Å². The largest absolute Gasteiger partial charge is 0.321 e. The Hall–Kier alpha value is -2.51. The summed E-state index contributed by atoms with van der Waals surface area (Å²) in [6.45, 7) is 0. The number of hydrogen-bond donors (Lipinski definition) is 2. The summed E-state index contributed by atoms with van der Waals surface area (Å²) in [7, 11) is 0. The highest BCUT2D eigenvalue weighted by atomic mass is 79.9. The van der Waals surface area contributed by atoms with Gasteiger partial charge in [-0.3, -0.25) is 9.59 Å². The van der Waals surface area contributed by atoms with E-state index < -0.39 is 0 Å². The van der Waals surface area contributed by atoms with Gasteiger partial charge >= 0.3 is 0 Å². The highest BCUT2D eigenvalue weighted by Gasteiger charge is 2.09. The molecule has 0 saturated heterocycles. The van der Waals surface area contributed by atoms with Crippen molar-refractivity contribution in [3.8, 4) is 0 Å². The Kier molecular flexibility index (Phi) is 5.02. The van der Waals surface area contributed by atoms with Gasteiger partial charge in [0.2, 0.25) is 0 Å². The first-order valence-corrected chi connectivity index (χ1v) is 8.67. The molecule has 0 spiro atoms. The standard InChI is InChI=1S/C17H12BrN3O2S/c18-12-5-8-15(19-10-12)21-16(22)11-3-6-13(7-4-11)20-17(23)14-2-1-9-24-14/h1-10H,(H,20,23)(H,19,21,22). The van der Waals surface area contributed by atoms with Crippen LogP contribution in [0.25, 0.3) is 0 Å². The summed E-state index contributed by atoms with van der Waals surface area (Å²) in [6.07, 6.45) is 1.61. The van der Waals surface area contributed by atoms with Crippen LogP contribution in [0.1, 0.15) is 20.0 Å². The first-order chi connectivity index (χ1) is 11.6. The predicted molar refractivity (Wildman–Crippen MR) is 98.6 cm³/mol. The van der Waals surface area contributed by atoms with Crippen LogP contribution in [0.2, 0.25) is 0 Å². The number of carbonyl (C=O) groups is 2. The lowest BCUT2D eigenvalue weighted by Crippen LogP contribution is -2.13. The van der Waals surface area contributed by atoms with Crippen molar-refractivity contribution in [1.82, 2.24) is 4.98 Å². The van der Waals surface area contributed by atoms with Gasteiger partial charge in [-0.25, -0.2) is 4.98 Å². The lowest BCUT2D eigenvalue weighted by Gasteiger charge is -2.07. The van der Waals surface area contributed by atoms with Crippen LogP contribution in [0.3, 0.4) is 0 Å². The zero-order chi connectivity index (χ0) is 16.9. The molecule has 0 fully saturated rings. The minimum absolute atomic E-state index is 0.165. The van der Waals surface area contributed by atoms with Crippen molar-refractivity contribution >= 4 is 50.6 Å². The Morgan fingerprint density at radius 2 is 1.75 bits per heavy atom. The highest BCUT2D eigenvalue weighted by molar-refractivity contribution is 9.10. The molecule has 2 amide bonds. The fourth-order valence-electron chi connectivity index (χ4n) is 1.94. The predicted octanol–water partition coefficient (Wildman–Crippen LogP) is 4.41. The number of amides is 2. The topological polar surface area (TPSA) is 71.1 Å². The number of aromatic nitrogens is 1. The second-order valence-electron chi connectivity index (χ2n) is 4.82. The molecule has 0 atom stereocenters. The van der Waals surface area contributed by atoms with Gasteiger partial charge in [-0.15, -0.1) is 11.3 Å². The number of pyridine rings is 1. The smallest absolute Gasteiger partial charge is 0.265 e. The van der Waals surface area contributed by atoms with E-state index >= 15 is 0 Å². The van der Waals surface area contributed by atoms with Crippen LogP contribution in [0.4, 0.5) is 11.5 Å². The van der Waals surface area contributed by atoms with Crippen molar-refractivity contribution in [3.05, 3.63) is 75.0 Å². The Labute approximate surface area is 150 Å². The number of anilines is 2.